The van der Waals surface area contributed by atoms with Crippen LogP contribution in [-0.4, -0.2) is 0 Å². The number of nitrogen functional groups attached to an aromatic ring is 1. The lowest BCUT2D eigenvalue weighted by Crippen LogP contribution is -1.97. The Balaban J connectivity index is 2.08. The van der Waals surface area contributed by atoms with Crippen molar-refractivity contribution >= 4 is 21.6 Å². The number of nitrogens with two attached hydrogens (primary N) is 1. The van der Waals surface area contributed by atoms with Gasteiger partial charge in [0.1, 0.15) is 18.2 Å². The van der Waals surface area contributed by atoms with E-state index >= 15 is 0 Å². The van der Waals surface area contributed by atoms with Gasteiger partial charge in [0.15, 0.2) is 0 Å². The Hall–Kier alpha value is -1.55. The first-order valence-electron chi connectivity index (χ1n) is 5.48. The van der Waals surface area contributed by atoms with Crippen molar-refractivity contribution in [3.8, 4) is 5.75 Å². The molecule has 2 aromatic carbocycles. The standard InChI is InChI=1S/C14H13BrFNO/c1-9-2-3-13(7-14(9)16)18-8-10-4-11(15)6-12(17)5-10/h2-7H,8,17H2,1H3. The van der Waals surface area contributed by atoms with E-state index in [1.54, 1.807) is 19.1 Å². The van der Waals surface area contributed by atoms with Crippen molar-refractivity contribution in [3.63, 3.8) is 0 Å². The number of ether oxygens (including phenoxy) is 1. The molecule has 94 valence electrons. The lowest BCUT2D eigenvalue weighted by atomic mass is 10.2. The molecule has 0 atom stereocenters. The molecule has 4 heteroatoms. The van der Waals surface area contributed by atoms with Crippen LogP contribution >= 0.6 is 15.9 Å². The van der Waals surface area contributed by atoms with Gasteiger partial charge in [0, 0.05) is 16.2 Å². The maximum absolute atomic E-state index is 13.3. The zero-order valence-electron chi connectivity index (χ0n) is 9.91. The highest BCUT2D eigenvalue weighted by atomic mass is 79.9. The molecule has 0 aliphatic rings. The fraction of sp³-hybridized carbons (Fsp3) is 0.143. The van der Waals surface area contributed by atoms with Gasteiger partial charge in [-0.05, 0) is 42.3 Å². The first-order valence-corrected chi connectivity index (χ1v) is 6.28. The highest BCUT2D eigenvalue weighted by Crippen LogP contribution is 2.20. The molecule has 0 unspecified atom stereocenters. The van der Waals surface area contributed by atoms with Gasteiger partial charge in [0.05, 0.1) is 0 Å². The third-order valence-electron chi connectivity index (χ3n) is 2.53. The molecule has 0 aromatic heterocycles. The summed E-state index contributed by atoms with van der Waals surface area (Å²) in [4.78, 5) is 0. The summed E-state index contributed by atoms with van der Waals surface area (Å²) in [6, 6.07) is 10.4. The van der Waals surface area contributed by atoms with Crippen molar-refractivity contribution in [1.29, 1.82) is 0 Å². The maximum atomic E-state index is 13.3. The van der Waals surface area contributed by atoms with Gasteiger partial charge in [-0.2, -0.15) is 0 Å². The molecule has 0 radical (unpaired) electrons. The van der Waals surface area contributed by atoms with Crippen LogP contribution in [0.25, 0.3) is 0 Å². The highest BCUT2D eigenvalue weighted by molar-refractivity contribution is 9.10. The number of rotatable bonds is 3. The van der Waals surface area contributed by atoms with Gasteiger partial charge < -0.3 is 10.5 Å². The predicted octanol–water partition coefficient (Wildman–Crippen LogP) is 4.06. The summed E-state index contributed by atoms with van der Waals surface area (Å²) in [5, 5.41) is 0. The Morgan fingerprint density at radius 1 is 1.22 bits per heavy atom. The smallest absolute Gasteiger partial charge is 0.129 e. The number of benzene rings is 2. The third kappa shape index (κ3) is 3.23. The van der Waals surface area contributed by atoms with E-state index in [-0.39, 0.29) is 5.82 Å². The number of hydrogen-bond acceptors (Lipinski definition) is 2. The van der Waals surface area contributed by atoms with Crippen LogP contribution in [0.5, 0.6) is 5.75 Å². The van der Waals surface area contributed by atoms with Crippen molar-refractivity contribution < 1.29 is 9.13 Å². The van der Waals surface area contributed by atoms with Gasteiger partial charge in [-0.3, -0.25) is 0 Å². The Bertz CT molecular complexity index is 551. The van der Waals surface area contributed by atoms with E-state index < -0.39 is 0 Å². The molecule has 0 saturated heterocycles. The largest absolute Gasteiger partial charge is 0.489 e. The van der Waals surface area contributed by atoms with Crippen molar-refractivity contribution in [2.45, 2.75) is 13.5 Å². The molecule has 0 heterocycles. The average molecular weight is 310 g/mol. The first-order chi connectivity index (χ1) is 8.54. The van der Waals surface area contributed by atoms with E-state index in [4.69, 9.17) is 10.5 Å². The molecule has 2 nitrogen and oxygen atoms in total. The number of hydrogen-bond donors (Lipinski definition) is 1. The summed E-state index contributed by atoms with van der Waals surface area (Å²) in [7, 11) is 0. The second-order valence-corrected chi connectivity index (χ2v) is 5.01. The molecule has 2 aromatic rings. The molecule has 2 rings (SSSR count). The van der Waals surface area contributed by atoms with Crippen LogP contribution in [0.3, 0.4) is 0 Å². The van der Waals surface area contributed by atoms with Gasteiger partial charge in [-0.1, -0.05) is 22.0 Å². The molecule has 0 saturated carbocycles. The SMILES string of the molecule is Cc1ccc(OCc2cc(N)cc(Br)c2)cc1F. The number of aryl methyl sites for hydroxylation is 1. The Labute approximate surface area is 114 Å². The molecule has 0 spiro atoms. The van der Waals surface area contributed by atoms with Gasteiger partial charge in [0.2, 0.25) is 0 Å². The van der Waals surface area contributed by atoms with Crippen LogP contribution in [0.1, 0.15) is 11.1 Å². The van der Waals surface area contributed by atoms with Crippen molar-refractivity contribution in [3.05, 3.63) is 57.8 Å². The molecule has 0 fully saturated rings. The van der Waals surface area contributed by atoms with E-state index in [2.05, 4.69) is 15.9 Å². The minimum atomic E-state index is -0.263. The normalized spacial score (nSPS) is 10.4. The van der Waals surface area contributed by atoms with Crippen LogP contribution in [0.2, 0.25) is 0 Å². The zero-order chi connectivity index (χ0) is 13.1. The fourth-order valence-corrected chi connectivity index (χ4v) is 2.15. The van der Waals surface area contributed by atoms with Crippen LogP contribution in [0, 0.1) is 12.7 Å². The highest BCUT2D eigenvalue weighted by Gasteiger charge is 2.02. The van der Waals surface area contributed by atoms with Gasteiger partial charge >= 0.3 is 0 Å². The summed E-state index contributed by atoms with van der Waals surface area (Å²) >= 11 is 3.36. The van der Waals surface area contributed by atoms with Crippen molar-refractivity contribution in [2.24, 2.45) is 0 Å². The van der Waals surface area contributed by atoms with Crippen LogP contribution in [0.15, 0.2) is 40.9 Å². The zero-order valence-corrected chi connectivity index (χ0v) is 11.5. The third-order valence-corrected chi connectivity index (χ3v) is 2.99. The minimum absolute atomic E-state index is 0.263. The van der Waals surface area contributed by atoms with E-state index in [1.165, 1.54) is 6.07 Å². The molecule has 0 amide bonds. The topological polar surface area (TPSA) is 35.2 Å². The van der Waals surface area contributed by atoms with E-state index in [9.17, 15) is 4.39 Å². The predicted molar refractivity (Wildman–Crippen MR) is 74.0 cm³/mol. The first kappa shape index (κ1) is 12.9. The second-order valence-electron chi connectivity index (χ2n) is 4.09. The maximum Gasteiger partial charge on any atom is 0.129 e. The van der Waals surface area contributed by atoms with E-state index in [0.29, 0.717) is 23.6 Å². The number of anilines is 1. The Morgan fingerprint density at radius 2 is 2.00 bits per heavy atom. The quantitative estimate of drug-likeness (QED) is 0.868. The van der Waals surface area contributed by atoms with Crippen molar-refractivity contribution in [2.75, 3.05) is 5.73 Å². The molecular formula is C14H13BrFNO. The lowest BCUT2D eigenvalue weighted by Gasteiger charge is -2.08. The summed E-state index contributed by atoms with van der Waals surface area (Å²) in [5.74, 6) is 0.248. The Morgan fingerprint density at radius 3 is 2.67 bits per heavy atom. The van der Waals surface area contributed by atoms with Gasteiger partial charge in [-0.25, -0.2) is 4.39 Å². The molecule has 0 aliphatic heterocycles. The summed E-state index contributed by atoms with van der Waals surface area (Å²) in [6.07, 6.45) is 0. The Kier molecular flexibility index (Phi) is 3.87. The van der Waals surface area contributed by atoms with Crippen LogP contribution in [-0.2, 0) is 6.61 Å². The lowest BCUT2D eigenvalue weighted by molar-refractivity contribution is 0.304. The second kappa shape index (κ2) is 5.40. The summed E-state index contributed by atoms with van der Waals surface area (Å²) < 4.78 is 19.7. The molecule has 0 bridgehead atoms. The molecule has 2 N–H and O–H groups in total. The van der Waals surface area contributed by atoms with E-state index in [0.717, 1.165) is 10.0 Å². The monoisotopic (exact) mass is 309 g/mol. The molecule has 18 heavy (non-hydrogen) atoms. The fourth-order valence-electron chi connectivity index (χ4n) is 1.59. The van der Waals surface area contributed by atoms with Crippen molar-refractivity contribution in [1.82, 2.24) is 0 Å². The molecule has 0 aliphatic carbocycles. The van der Waals surface area contributed by atoms with Gasteiger partial charge in [0.25, 0.3) is 0 Å². The van der Waals surface area contributed by atoms with E-state index in [1.807, 2.05) is 18.2 Å². The van der Waals surface area contributed by atoms with Crippen LogP contribution < -0.4 is 10.5 Å². The average Bonchev–Trinajstić information content (AvgIpc) is 2.29. The number of halogens is 2. The van der Waals surface area contributed by atoms with Crippen LogP contribution in [0.4, 0.5) is 10.1 Å². The molecular weight excluding hydrogens is 297 g/mol. The van der Waals surface area contributed by atoms with Gasteiger partial charge in [-0.15, -0.1) is 0 Å². The summed E-state index contributed by atoms with van der Waals surface area (Å²) in [5.41, 5.74) is 7.93. The minimum Gasteiger partial charge on any atom is -0.489 e. The summed E-state index contributed by atoms with van der Waals surface area (Å²) in [6.45, 7) is 2.07.